The Hall–Kier alpha value is -1.42. The Kier molecular flexibility index (Phi) is 11.0. The maximum Gasteiger partial charge on any atom is 0.244 e. The fourth-order valence-electron chi connectivity index (χ4n) is 3.18. The summed E-state index contributed by atoms with van der Waals surface area (Å²) in [4.78, 5) is 27.8. The van der Waals surface area contributed by atoms with Gasteiger partial charge >= 0.3 is 0 Å². The zero-order valence-corrected chi connectivity index (χ0v) is 24.6. The Labute approximate surface area is 236 Å². The van der Waals surface area contributed by atoms with Crippen LogP contribution in [0.1, 0.15) is 32.8 Å². The second-order valence-electron chi connectivity index (χ2n) is 8.24. The van der Waals surface area contributed by atoms with E-state index in [1.54, 1.807) is 19.1 Å². The van der Waals surface area contributed by atoms with Crippen LogP contribution in [-0.2, 0) is 26.2 Å². The van der Waals surface area contributed by atoms with Crippen molar-refractivity contribution in [2.75, 3.05) is 17.1 Å². The summed E-state index contributed by atoms with van der Waals surface area (Å²) in [6, 6.07) is 6.23. The van der Waals surface area contributed by atoms with Crippen molar-refractivity contribution in [2.24, 2.45) is 0 Å². The molecule has 0 aliphatic heterocycles. The summed E-state index contributed by atoms with van der Waals surface area (Å²) in [5.41, 5.74) is 0.499. The van der Waals surface area contributed by atoms with Crippen molar-refractivity contribution in [1.82, 2.24) is 10.2 Å². The van der Waals surface area contributed by atoms with E-state index in [1.807, 2.05) is 13.8 Å². The van der Waals surface area contributed by atoms with Crippen molar-refractivity contribution in [2.45, 2.75) is 45.8 Å². The molecule has 0 unspecified atom stereocenters. The molecule has 0 radical (unpaired) electrons. The van der Waals surface area contributed by atoms with Gasteiger partial charge in [-0.1, -0.05) is 71.0 Å². The number of carbonyl (C=O) groups excluding carboxylic acids is 2. The van der Waals surface area contributed by atoms with Crippen LogP contribution in [0.3, 0.4) is 0 Å². The number of hydrogen-bond donors (Lipinski definition) is 1. The number of benzene rings is 2. The predicted octanol–water partition coefficient (Wildman–Crippen LogP) is 6.05. The van der Waals surface area contributed by atoms with Gasteiger partial charge in [-0.25, -0.2) is 8.42 Å². The lowest BCUT2D eigenvalue weighted by Crippen LogP contribution is -2.52. The molecule has 2 amide bonds. The molecule has 0 fully saturated rings. The largest absolute Gasteiger partial charge is 0.352 e. The summed E-state index contributed by atoms with van der Waals surface area (Å²) in [5.74, 6) is -1.07. The van der Waals surface area contributed by atoms with Gasteiger partial charge in [0.05, 0.1) is 27.0 Å². The van der Waals surface area contributed by atoms with Crippen molar-refractivity contribution in [1.29, 1.82) is 0 Å². The van der Waals surface area contributed by atoms with E-state index in [0.29, 0.717) is 22.0 Å². The molecule has 36 heavy (non-hydrogen) atoms. The summed E-state index contributed by atoms with van der Waals surface area (Å²) in [7, 11) is -4.00. The van der Waals surface area contributed by atoms with Crippen molar-refractivity contribution >= 4 is 85.5 Å². The molecule has 2 aromatic rings. The van der Waals surface area contributed by atoms with Crippen LogP contribution in [0.15, 0.2) is 30.3 Å². The maximum absolute atomic E-state index is 13.6. The van der Waals surface area contributed by atoms with Gasteiger partial charge in [0.1, 0.15) is 12.6 Å². The highest BCUT2D eigenvalue weighted by atomic mass is 35.5. The molecular formula is C23H26Cl5N3O4S. The summed E-state index contributed by atoms with van der Waals surface area (Å²) in [6.45, 7) is 4.58. The number of halogens is 5. The molecule has 2 aromatic carbocycles. The van der Waals surface area contributed by atoms with Gasteiger partial charge in [0.25, 0.3) is 0 Å². The third kappa shape index (κ3) is 8.04. The minimum atomic E-state index is -4.00. The highest BCUT2D eigenvalue weighted by molar-refractivity contribution is 7.92. The average Bonchev–Trinajstić information content (AvgIpc) is 2.78. The first-order valence-electron chi connectivity index (χ1n) is 10.8. The summed E-state index contributed by atoms with van der Waals surface area (Å²) >= 11 is 30.6. The molecular weight excluding hydrogens is 592 g/mol. The van der Waals surface area contributed by atoms with E-state index in [1.165, 1.54) is 23.1 Å². The van der Waals surface area contributed by atoms with Crippen LogP contribution >= 0.6 is 58.0 Å². The number of nitrogens with zero attached hydrogens (tertiary/aromatic N) is 2. The van der Waals surface area contributed by atoms with E-state index < -0.39 is 34.4 Å². The second kappa shape index (κ2) is 12.9. The Balaban J connectivity index is 2.49. The highest BCUT2D eigenvalue weighted by Gasteiger charge is 2.31. The summed E-state index contributed by atoms with van der Waals surface area (Å²) in [5, 5.41) is 3.71. The van der Waals surface area contributed by atoms with Crippen LogP contribution in [0.4, 0.5) is 5.69 Å². The van der Waals surface area contributed by atoms with Gasteiger partial charge in [-0.05, 0) is 50.1 Å². The van der Waals surface area contributed by atoms with Gasteiger partial charge in [0.15, 0.2) is 0 Å². The van der Waals surface area contributed by atoms with Crippen molar-refractivity contribution in [3.05, 3.63) is 61.0 Å². The first-order chi connectivity index (χ1) is 16.6. The topological polar surface area (TPSA) is 86.8 Å². The lowest BCUT2D eigenvalue weighted by atomic mass is 10.1. The lowest BCUT2D eigenvalue weighted by molar-refractivity contribution is -0.139. The first kappa shape index (κ1) is 30.8. The number of anilines is 1. The summed E-state index contributed by atoms with van der Waals surface area (Å²) < 4.78 is 26.2. The van der Waals surface area contributed by atoms with Crippen molar-refractivity contribution in [3.63, 3.8) is 0 Å². The van der Waals surface area contributed by atoms with E-state index in [0.717, 1.165) is 10.6 Å². The monoisotopic (exact) mass is 615 g/mol. The van der Waals surface area contributed by atoms with Crippen molar-refractivity contribution < 1.29 is 18.0 Å². The molecule has 1 N–H and O–H groups in total. The smallest absolute Gasteiger partial charge is 0.244 e. The van der Waals surface area contributed by atoms with Gasteiger partial charge in [-0.3, -0.25) is 13.9 Å². The fraction of sp³-hybridized carbons (Fsp3) is 0.391. The van der Waals surface area contributed by atoms with Gasteiger partial charge in [0.2, 0.25) is 21.8 Å². The molecule has 0 spiro atoms. The number of amides is 2. The fourth-order valence-corrected chi connectivity index (χ4v) is 5.19. The Bertz CT molecular complexity index is 1240. The number of nitrogens with one attached hydrogen (secondary N) is 1. The number of carbonyl (C=O) groups is 2. The van der Waals surface area contributed by atoms with Crippen LogP contribution in [-0.4, -0.2) is 50.0 Å². The Morgan fingerprint density at radius 3 is 2.11 bits per heavy atom. The third-order valence-corrected chi connectivity index (χ3v) is 8.20. The number of sulfonamides is 1. The third-order valence-electron chi connectivity index (χ3n) is 5.46. The molecule has 0 heterocycles. The maximum atomic E-state index is 13.6. The number of hydrogen-bond acceptors (Lipinski definition) is 4. The van der Waals surface area contributed by atoms with Crippen LogP contribution < -0.4 is 9.62 Å². The second-order valence-corrected chi connectivity index (χ2v) is 12.2. The zero-order valence-electron chi connectivity index (χ0n) is 20.0. The highest BCUT2D eigenvalue weighted by Crippen LogP contribution is 2.35. The molecule has 13 heteroatoms. The van der Waals surface area contributed by atoms with E-state index in [-0.39, 0.29) is 33.3 Å². The van der Waals surface area contributed by atoms with Crippen molar-refractivity contribution in [3.8, 4) is 0 Å². The van der Waals surface area contributed by atoms with Crippen LogP contribution in [0, 0.1) is 0 Å². The number of rotatable bonds is 10. The van der Waals surface area contributed by atoms with Gasteiger partial charge in [-0.15, -0.1) is 0 Å². The Morgan fingerprint density at radius 2 is 1.56 bits per heavy atom. The molecule has 0 bridgehead atoms. The molecule has 0 aliphatic carbocycles. The van der Waals surface area contributed by atoms with E-state index >= 15 is 0 Å². The van der Waals surface area contributed by atoms with Crippen LogP contribution in [0.2, 0.25) is 25.1 Å². The molecule has 0 aliphatic rings. The zero-order chi connectivity index (χ0) is 27.4. The standard InChI is InChI=1S/C23H26Cl5N3O4S/c1-5-13(2)29-23(33)14(3)30(11-15-6-7-16(24)8-17(15)25)22(32)12-31(36(4,34)35)21-10-19(27)18(26)9-20(21)28/h6-10,13-14H,5,11-12H2,1-4H3,(H,29,33)/t13-,14+/m0/s1. The minimum absolute atomic E-state index is 0.0162. The average molecular weight is 618 g/mol. The molecule has 2 rings (SSSR count). The van der Waals surface area contributed by atoms with Gasteiger partial charge in [0, 0.05) is 22.6 Å². The predicted molar refractivity (Wildman–Crippen MR) is 148 cm³/mol. The molecule has 2 atom stereocenters. The SMILES string of the molecule is CC[C@H](C)NC(=O)[C@@H](C)N(Cc1ccc(Cl)cc1Cl)C(=O)CN(c1cc(Cl)c(Cl)cc1Cl)S(C)(=O)=O. The summed E-state index contributed by atoms with van der Waals surface area (Å²) in [6.07, 6.45) is 1.62. The van der Waals surface area contributed by atoms with E-state index in [2.05, 4.69) is 5.32 Å². The quantitative estimate of drug-likeness (QED) is 0.329. The molecule has 0 aromatic heterocycles. The molecule has 7 nitrogen and oxygen atoms in total. The molecule has 0 saturated heterocycles. The van der Waals surface area contributed by atoms with Crippen LogP contribution in [0.5, 0.6) is 0 Å². The van der Waals surface area contributed by atoms with Gasteiger partial charge in [-0.2, -0.15) is 0 Å². The van der Waals surface area contributed by atoms with E-state index in [9.17, 15) is 18.0 Å². The van der Waals surface area contributed by atoms with E-state index in [4.69, 9.17) is 58.0 Å². The first-order valence-corrected chi connectivity index (χ1v) is 14.6. The molecule has 0 saturated carbocycles. The van der Waals surface area contributed by atoms with Gasteiger partial charge < -0.3 is 10.2 Å². The minimum Gasteiger partial charge on any atom is -0.352 e. The normalized spacial score (nSPS) is 13.1. The molecule has 198 valence electrons. The lowest BCUT2D eigenvalue weighted by Gasteiger charge is -2.32. The Morgan fingerprint density at radius 1 is 0.944 bits per heavy atom. The van der Waals surface area contributed by atoms with Crippen LogP contribution in [0.25, 0.3) is 0 Å².